The van der Waals surface area contributed by atoms with Crippen molar-refractivity contribution in [2.75, 3.05) is 32.7 Å². The minimum absolute atomic E-state index is 0.0863. The third-order valence-electron chi connectivity index (χ3n) is 3.94. The summed E-state index contributed by atoms with van der Waals surface area (Å²) in [5, 5.41) is 0.192. The van der Waals surface area contributed by atoms with E-state index in [4.69, 9.17) is 36.3 Å². The van der Waals surface area contributed by atoms with Gasteiger partial charge in [-0.25, -0.2) is 4.79 Å². The molecule has 0 atom stereocenters. The van der Waals surface area contributed by atoms with E-state index >= 15 is 0 Å². The summed E-state index contributed by atoms with van der Waals surface area (Å²) < 4.78 is 21.3. The third-order valence-corrected chi connectivity index (χ3v) is 4.27. The highest BCUT2D eigenvalue weighted by molar-refractivity contribution is 6.33. The summed E-state index contributed by atoms with van der Waals surface area (Å²) in [6.07, 6.45) is 0.765. The largest absolute Gasteiger partial charge is 0.496 e. The van der Waals surface area contributed by atoms with E-state index in [0.717, 1.165) is 6.42 Å². The summed E-state index contributed by atoms with van der Waals surface area (Å²) >= 11 is 5.95. The molecule has 0 aliphatic carbocycles. The molecular weight excluding hydrogens is 374 g/mol. The lowest BCUT2D eigenvalue weighted by Crippen LogP contribution is -2.15. The van der Waals surface area contributed by atoms with E-state index in [-0.39, 0.29) is 27.8 Å². The summed E-state index contributed by atoms with van der Waals surface area (Å²) in [5.74, 6) is 0.180. The fraction of sp³-hybridized carbons (Fsp3) is 0.263. The van der Waals surface area contributed by atoms with Crippen LogP contribution in [-0.4, -0.2) is 38.7 Å². The predicted octanol–water partition coefficient (Wildman–Crippen LogP) is 3.13. The summed E-state index contributed by atoms with van der Waals surface area (Å²) in [5.41, 5.74) is 6.40. The monoisotopic (exact) mass is 391 g/mol. The first-order chi connectivity index (χ1) is 13.0. The van der Waals surface area contributed by atoms with Crippen molar-refractivity contribution in [1.29, 1.82) is 0 Å². The lowest BCUT2D eigenvalue weighted by atomic mass is 10.1. The Bertz CT molecular complexity index is 883. The molecule has 27 heavy (non-hydrogen) atoms. The Balaban J connectivity index is 1.70. The van der Waals surface area contributed by atoms with Gasteiger partial charge in [-0.05, 0) is 24.3 Å². The van der Waals surface area contributed by atoms with Crippen LogP contribution in [0.15, 0.2) is 30.3 Å². The standard InChI is InChI=1S/C19H18ClNO6/c1-24-17-9-14(21)13(20)8-12(17)19(23)27-10-15(22)11-3-4-16-18(7-11)26-6-2-5-25-16/h3-4,7-9H,2,5-6,10,21H2,1H3. The Kier molecular flexibility index (Phi) is 5.71. The molecule has 0 fully saturated rings. The molecular formula is C19H18ClNO6. The number of halogens is 1. The Morgan fingerprint density at radius 1 is 1.15 bits per heavy atom. The molecule has 2 aromatic carbocycles. The molecule has 0 saturated heterocycles. The van der Waals surface area contributed by atoms with E-state index in [1.54, 1.807) is 18.2 Å². The SMILES string of the molecule is COc1cc(N)c(Cl)cc1C(=O)OCC(=O)c1ccc2c(c1)OCCCO2. The fourth-order valence-electron chi connectivity index (χ4n) is 2.53. The third kappa shape index (κ3) is 4.25. The van der Waals surface area contributed by atoms with Crippen molar-refractivity contribution < 1.29 is 28.5 Å². The van der Waals surface area contributed by atoms with Crippen molar-refractivity contribution in [2.24, 2.45) is 0 Å². The van der Waals surface area contributed by atoms with E-state index in [9.17, 15) is 9.59 Å². The van der Waals surface area contributed by atoms with Gasteiger partial charge in [0.25, 0.3) is 0 Å². The Morgan fingerprint density at radius 3 is 2.63 bits per heavy atom. The van der Waals surface area contributed by atoms with Crippen molar-refractivity contribution >= 4 is 29.0 Å². The van der Waals surface area contributed by atoms with Gasteiger partial charge in [0.2, 0.25) is 0 Å². The molecule has 0 amide bonds. The highest BCUT2D eigenvalue weighted by atomic mass is 35.5. The summed E-state index contributed by atoms with van der Waals surface area (Å²) in [6.45, 7) is 0.630. The second kappa shape index (κ2) is 8.18. The molecule has 0 bridgehead atoms. The van der Waals surface area contributed by atoms with Crippen LogP contribution in [0.3, 0.4) is 0 Å². The Labute approximate surface area is 160 Å². The quantitative estimate of drug-likeness (QED) is 0.475. The first-order valence-electron chi connectivity index (χ1n) is 8.22. The van der Waals surface area contributed by atoms with E-state index in [0.29, 0.717) is 30.3 Å². The Morgan fingerprint density at radius 2 is 1.89 bits per heavy atom. The fourth-order valence-corrected chi connectivity index (χ4v) is 2.69. The number of nitrogen functional groups attached to an aromatic ring is 1. The van der Waals surface area contributed by atoms with Crippen LogP contribution in [0.1, 0.15) is 27.1 Å². The molecule has 142 valence electrons. The number of hydrogen-bond acceptors (Lipinski definition) is 7. The number of carbonyl (C=O) groups excluding carboxylic acids is 2. The molecule has 1 aliphatic rings. The maximum atomic E-state index is 12.4. The number of esters is 1. The number of fused-ring (bicyclic) bond motifs is 1. The van der Waals surface area contributed by atoms with Gasteiger partial charge in [-0.3, -0.25) is 4.79 Å². The highest BCUT2D eigenvalue weighted by Gasteiger charge is 2.19. The molecule has 1 heterocycles. The van der Waals surface area contributed by atoms with Crippen molar-refractivity contribution in [3.63, 3.8) is 0 Å². The normalized spacial score (nSPS) is 12.8. The first kappa shape index (κ1) is 18.8. The van der Waals surface area contributed by atoms with E-state index in [1.807, 2.05) is 0 Å². The first-order valence-corrected chi connectivity index (χ1v) is 8.60. The van der Waals surface area contributed by atoms with Crippen LogP contribution in [-0.2, 0) is 4.74 Å². The van der Waals surface area contributed by atoms with Crippen molar-refractivity contribution in [3.05, 3.63) is 46.5 Å². The highest BCUT2D eigenvalue weighted by Crippen LogP contribution is 2.31. The average Bonchev–Trinajstić information content (AvgIpc) is 2.92. The summed E-state index contributed by atoms with van der Waals surface area (Å²) in [6, 6.07) is 7.61. The van der Waals surface area contributed by atoms with Gasteiger partial charge in [-0.2, -0.15) is 0 Å². The molecule has 0 aromatic heterocycles. The lowest BCUT2D eigenvalue weighted by Gasteiger charge is -2.11. The van der Waals surface area contributed by atoms with Crippen LogP contribution in [0, 0.1) is 0 Å². The van der Waals surface area contributed by atoms with Crippen LogP contribution in [0.5, 0.6) is 17.2 Å². The van der Waals surface area contributed by atoms with Gasteiger partial charge >= 0.3 is 5.97 Å². The molecule has 2 aromatic rings. The van der Waals surface area contributed by atoms with Gasteiger partial charge in [-0.15, -0.1) is 0 Å². The van der Waals surface area contributed by atoms with E-state index in [2.05, 4.69) is 0 Å². The maximum Gasteiger partial charge on any atom is 0.342 e. The number of Topliss-reactive ketones (excluding diaryl/α,β-unsaturated/α-hetero) is 1. The number of anilines is 1. The second-order valence-electron chi connectivity index (χ2n) is 5.79. The minimum atomic E-state index is -0.739. The summed E-state index contributed by atoms with van der Waals surface area (Å²) in [7, 11) is 1.39. The van der Waals surface area contributed by atoms with Crippen molar-refractivity contribution in [2.45, 2.75) is 6.42 Å². The van der Waals surface area contributed by atoms with Crippen LogP contribution < -0.4 is 19.9 Å². The number of benzene rings is 2. The molecule has 7 nitrogen and oxygen atoms in total. The molecule has 0 radical (unpaired) electrons. The zero-order valence-corrected chi connectivity index (χ0v) is 15.4. The van der Waals surface area contributed by atoms with Crippen LogP contribution in [0.25, 0.3) is 0 Å². The van der Waals surface area contributed by atoms with Gasteiger partial charge in [0.05, 0.1) is 31.0 Å². The molecule has 0 spiro atoms. The molecule has 0 unspecified atom stereocenters. The predicted molar refractivity (Wildman–Crippen MR) is 99.1 cm³/mol. The zero-order chi connectivity index (χ0) is 19.4. The lowest BCUT2D eigenvalue weighted by molar-refractivity contribution is 0.0471. The van der Waals surface area contributed by atoms with Crippen LogP contribution >= 0.6 is 11.6 Å². The minimum Gasteiger partial charge on any atom is -0.496 e. The number of ketones is 1. The van der Waals surface area contributed by atoms with Gasteiger partial charge in [0.1, 0.15) is 11.3 Å². The van der Waals surface area contributed by atoms with Crippen LogP contribution in [0.2, 0.25) is 5.02 Å². The number of carbonyl (C=O) groups is 2. The van der Waals surface area contributed by atoms with Gasteiger partial charge in [-0.1, -0.05) is 11.6 Å². The number of hydrogen-bond donors (Lipinski definition) is 1. The van der Waals surface area contributed by atoms with Gasteiger partial charge in [0.15, 0.2) is 23.9 Å². The molecule has 0 saturated carbocycles. The van der Waals surface area contributed by atoms with Gasteiger partial charge in [0, 0.05) is 18.1 Å². The van der Waals surface area contributed by atoms with E-state index in [1.165, 1.54) is 19.2 Å². The smallest absolute Gasteiger partial charge is 0.342 e. The molecule has 8 heteroatoms. The van der Waals surface area contributed by atoms with E-state index < -0.39 is 12.6 Å². The number of rotatable bonds is 5. The summed E-state index contributed by atoms with van der Waals surface area (Å²) in [4.78, 5) is 24.7. The zero-order valence-electron chi connectivity index (χ0n) is 14.6. The average molecular weight is 392 g/mol. The number of ether oxygens (including phenoxy) is 4. The van der Waals surface area contributed by atoms with Crippen molar-refractivity contribution in [1.82, 2.24) is 0 Å². The number of methoxy groups -OCH3 is 1. The Hall–Kier alpha value is -2.93. The maximum absolute atomic E-state index is 12.4. The van der Waals surface area contributed by atoms with Gasteiger partial charge < -0.3 is 24.7 Å². The molecule has 1 aliphatic heterocycles. The topological polar surface area (TPSA) is 97.1 Å². The van der Waals surface area contributed by atoms with Crippen LogP contribution in [0.4, 0.5) is 5.69 Å². The molecule has 3 rings (SSSR count). The molecule has 2 N–H and O–H groups in total. The number of nitrogens with two attached hydrogens (primary N) is 1. The van der Waals surface area contributed by atoms with Crippen molar-refractivity contribution in [3.8, 4) is 17.2 Å². The second-order valence-corrected chi connectivity index (χ2v) is 6.19.